The van der Waals surface area contributed by atoms with Gasteiger partial charge in [0.1, 0.15) is 0 Å². The molecule has 0 bridgehead atoms. The van der Waals surface area contributed by atoms with Crippen molar-refractivity contribution in [2.75, 3.05) is 26.2 Å². The van der Waals surface area contributed by atoms with Gasteiger partial charge in [-0.2, -0.15) is 4.99 Å². The molecule has 1 amide bonds. The molecule has 3 aromatic carbocycles. The molecule has 36 heavy (non-hydrogen) atoms. The predicted molar refractivity (Wildman–Crippen MR) is 149 cm³/mol. The Bertz CT molecular complexity index is 1430. The van der Waals surface area contributed by atoms with Crippen molar-refractivity contribution in [1.29, 1.82) is 0 Å². The van der Waals surface area contributed by atoms with E-state index in [0.29, 0.717) is 4.91 Å². The molecular formula is C30H28N4OS. The maximum Gasteiger partial charge on any atom is 0.286 e. The van der Waals surface area contributed by atoms with Crippen LogP contribution in [0.3, 0.4) is 0 Å². The molecule has 0 saturated carbocycles. The maximum atomic E-state index is 12.9. The lowest BCUT2D eigenvalue weighted by molar-refractivity contribution is -0.113. The molecule has 1 fully saturated rings. The number of hydrogen-bond donors (Lipinski definition) is 0. The van der Waals surface area contributed by atoms with Crippen molar-refractivity contribution in [1.82, 2.24) is 14.4 Å². The van der Waals surface area contributed by atoms with Crippen LogP contribution in [-0.4, -0.2) is 51.6 Å². The first-order chi connectivity index (χ1) is 17.7. The van der Waals surface area contributed by atoms with Crippen LogP contribution in [-0.2, 0) is 17.9 Å². The van der Waals surface area contributed by atoms with Gasteiger partial charge in [-0.1, -0.05) is 78.9 Å². The summed E-state index contributed by atoms with van der Waals surface area (Å²) < 4.78 is 2.26. The molecular weight excluding hydrogens is 464 g/mol. The Labute approximate surface area is 215 Å². The largest absolute Gasteiger partial charge is 0.348 e. The second-order valence-electron chi connectivity index (χ2n) is 9.27. The Morgan fingerprint density at radius 2 is 1.42 bits per heavy atom. The number of carbonyl (C=O) groups excluding carboxylic acids is 1. The molecule has 1 saturated heterocycles. The van der Waals surface area contributed by atoms with Crippen molar-refractivity contribution < 1.29 is 4.79 Å². The zero-order valence-electron chi connectivity index (χ0n) is 20.1. The Balaban J connectivity index is 1.16. The minimum Gasteiger partial charge on any atom is -0.348 e. The number of carbonyl (C=O) groups is 1. The number of para-hydroxylation sites is 1. The number of aromatic nitrogens is 1. The molecule has 6 heteroatoms. The van der Waals surface area contributed by atoms with Gasteiger partial charge in [-0.3, -0.25) is 9.69 Å². The van der Waals surface area contributed by atoms with Crippen LogP contribution in [0.1, 0.15) is 16.7 Å². The number of aliphatic imine (C=N–C) groups is 1. The molecule has 0 aliphatic carbocycles. The van der Waals surface area contributed by atoms with Crippen molar-refractivity contribution in [2.45, 2.75) is 13.1 Å². The Morgan fingerprint density at radius 3 is 2.14 bits per heavy atom. The molecule has 180 valence electrons. The minimum atomic E-state index is -0.137. The average molecular weight is 493 g/mol. The van der Waals surface area contributed by atoms with Crippen LogP contribution >= 0.6 is 11.8 Å². The Morgan fingerprint density at radius 1 is 0.778 bits per heavy atom. The second-order valence-corrected chi connectivity index (χ2v) is 10.3. The van der Waals surface area contributed by atoms with Crippen LogP contribution in [0.15, 0.2) is 101 Å². The van der Waals surface area contributed by atoms with E-state index >= 15 is 0 Å². The molecule has 0 atom stereocenters. The molecule has 5 nitrogen and oxygen atoms in total. The SMILES string of the molecule is O=C1N=C(N2CCN(Cc3ccccc3)CC2)S/C1=C\c1cn(Cc2ccccc2)c2ccccc12. The highest BCUT2D eigenvalue weighted by molar-refractivity contribution is 8.18. The summed E-state index contributed by atoms with van der Waals surface area (Å²) in [5.41, 5.74) is 4.81. The van der Waals surface area contributed by atoms with Crippen molar-refractivity contribution in [3.63, 3.8) is 0 Å². The van der Waals surface area contributed by atoms with E-state index in [9.17, 15) is 4.79 Å². The number of hydrogen-bond acceptors (Lipinski definition) is 4. The first-order valence-corrected chi connectivity index (χ1v) is 13.2. The first kappa shape index (κ1) is 22.8. The standard InChI is InChI=1S/C30H28N4OS/c35-29-28(36-30(31-29)33-17-15-32(16-18-33)20-23-9-3-1-4-10-23)19-25-22-34(21-24-11-5-2-6-12-24)27-14-8-7-13-26(25)27/h1-14,19,22H,15-18,20-21H2/b28-19-. The molecule has 6 rings (SSSR count). The molecule has 0 N–H and O–H groups in total. The van der Waals surface area contributed by atoms with Gasteiger partial charge >= 0.3 is 0 Å². The van der Waals surface area contributed by atoms with Crippen LogP contribution in [0.25, 0.3) is 17.0 Å². The van der Waals surface area contributed by atoms with Gasteiger partial charge in [0.25, 0.3) is 5.91 Å². The quantitative estimate of drug-likeness (QED) is 0.346. The number of fused-ring (bicyclic) bond motifs is 1. The van der Waals surface area contributed by atoms with E-state index in [0.717, 1.165) is 55.4 Å². The summed E-state index contributed by atoms with van der Waals surface area (Å²) in [4.78, 5) is 22.7. The lowest BCUT2D eigenvalue weighted by atomic mass is 10.1. The summed E-state index contributed by atoms with van der Waals surface area (Å²) in [5, 5.41) is 1.98. The van der Waals surface area contributed by atoms with Crippen molar-refractivity contribution in [2.24, 2.45) is 4.99 Å². The summed E-state index contributed by atoms with van der Waals surface area (Å²) >= 11 is 1.51. The molecule has 4 aromatic rings. The van der Waals surface area contributed by atoms with Crippen molar-refractivity contribution in [3.05, 3.63) is 113 Å². The van der Waals surface area contributed by atoms with E-state index in [-0.39, 0.29) is 5.91 Å². The van der Waals surface area contributed by atoms with Crippen LogP contribution in [0, 0.1) is 0 Å². The Kier molecular flexibility index (Phi) is 6.45. The lowest BCUT2D eigenvalue weighted by Gasteiger charge is -2.35. The lowest BCUT2D eigenvalue weighted by Crippen LogP contribution is -2.47. The fourth-order valence-corrected chi connectivity index (χ4v) is 5.87. The highest BCUT2D eigenvalue weighted by atomic mass is 32.2. The zero-order chi connectivity index (χ0) is 24.3. The average Bonchev–Trinajstić information content (AvgIpc) is 3.46. The molecule has 2 aliphatic heterocycles. The molecule has 2 aliphatic rings. The molecule has 0 radical (unpaired) electrons. The molecule has 0 spiro atoms. The molecule has 0 unspecified atom stereocenters. The fourth-order valence-electron chi connectivity index (χ4n) is 4.91. The van der Waals surface area contributed by atoms with E-state index in [4.69, 9.17) is 0 Å². The number of nitrogens with zero attached hydrogens (tertiary/aromatic N) is 4. The maximum absolute atomic E-state index is 12.9. The topological polar surface area (TPSA) is 40.8 Å². The number of piperazine rings is 1. The van der Waals surface area contributed by atoms with E-state index in [1.54, 1.807) is 0 Å². The van der Waals surface area contributed by atoms with Gasteiger partial charge in [0.05, 0.1) is 4.91 Å². The van der Waals surface area contributed by atoms with E-state index in [2.05, 4.69) is 104 Å². The van der Waals surface area contributed by atoms with E-state index < -0.39 is 0 Å². The van der Waals surface area contributed by atoms with Gasteiger partial charge in [-0.05, 0) is 35.0 Å². The number of amides is 1. The van der Waals surface area contributed by atoms with Gasteiger partial charge in [0.2, 0.25) is 0 Å². The summed E-state index contributed by atoms with van der Waals surface area (Å²) in [7, 11) is 0. The van der Waals surface area contributed by atoms with Crippen LogP contribution in [0.2, 0.25) is 0 Å². The summed E-state index contributed by atoms with van der Waals surface area (Å²) in [5.74, 6) is -0.137. The number of benzene rings is 3. The van der Waals surface area contributed by atoms with Crippen molar-refractivity contribution in [3.8, 4) is 0 Å². The van der Waals surface area contributed by atoms with Gasteiger partial charge in [0.15, 0.2) is 5.17 Å². The summed E-state index contributed by atoms with van der Waals surface area (Å²) in [6, 6.07) is 29.4. The predicted octanol–water partition coefficient (Wildman–Crippen LogP) is 5.48. The number of amidine groups is 1. The third kappa shape index (κ3) is 4.87. The highest BCUT2D eigenvalue weighted by Gasteiger charge is 2.28. The Hall–Kier alpha value is -3.61. The normalized spacial score (nSPS) is 17.8. The third-order valence-electron chi connectivity index (χ3n) is 6.80. The number of rotatable bonds is 5. The number of thioether (sulfide) groups is 1. The smallest absolute Gasteiger partial charge is 0.286 e. The van der Waals surface area contributed by atoms with Crippen LogP contribution in [0.5, 0.6) is 0 Å². The minimum absolute atomic E-state index is 0.137. The zero-order valence-corrected chi connectivity index (χ0v) is 20.9. The van der Waals surface area contributed by atoms with Gasteiger partial charge in [0, 0.05) is 61.9 Å². The first-order valence-electron chi connectivity index (χ1n) is 12.4. The van der Waals surface area contributed by atoms with Crippen molar-refractivity contribution >= 4 is 39.8 Å². The second kappa shape index (κ2) is 10.2. The van der Waals surface area contributed by atoms with E-state index in [1.165, 1.54) is 28.4 Å². The summed E-state index contributed by atoms with van der Waals surface area (Å²) in [6.07, 6.45) is 4.16. The summed E-state index contributed by atoms with van der Waals surface area (Å²) in [6.45, 7) is 5.46. The highest BCUT2D eigenvalue weighted by Crippen LogP contribution is 2.33. The monoisotopic (exact) mass is 492 g/mol. The van der Waals surface area contributed by atoms with Gasteiger partial charge in [-0.15, -0.1) is 0 Å². The van der Waals surface area contributed by atoms with Crippen LogP contribution < -0.4 is 0 Å². The van der Waals surface area contributed by atoms with E-state index in [1.807, 2.05) is 12.1 Å². The van der Waals surface area contributed by atoms with Crippen LogP contribution in [0.4, 0.5) is 0 Å². The van der Waals surface area contributed by atoms with Gasteiger partial charge < -0.3 is 9.47 Å². The van der Waals surface area contributed by atoms with Gasteiger partial charge in [-0.25, -0.2) is 0 Å². The molecule has 1 aromatic heterocycles. The third-order valence-corrected chi connectivity index (χ3v) is 7.85. The molecule has 3 heterocycles. The fraction of sp³-hybridized carbons (Fsp3) is 0.200.